The molecule has 0 fully saturated rings. The van der Waals surface area contributed by atoms with Crippen LogP contribution in [0.5, 0.6) is 0 Å². The fourth-order valence-electron chi connectivity index (χ4n) is 1.88. The van der Waals surface area contributed by atoms with Gasteiger partial charge in [-0.25, -0.2) is 4.72 Å². The van der Waals surface area contributed by atoms with Crippen molar-refractivity contribution in [1.82, 2.24) is 4.72 Å². The average molecular weight is 293 g/mol. The molecule has 1 aliphatic rings. The molecule has 0 aromatic carbocycles. The molecule has 19 heavy (non-hydrogen) atoms. The zero-order valence-electron chi connectivity index (χ0n) is 12.4. The molecule has 7 heteroatoms. The summed E-state index contributed by atoms with van der Waals surface area (Å²) in [6.07, 6.45) is 3.65. The Morgan fingerprint density at radius 2 is 1.68 bits per heavy atom. The molecule has 1 rings (SSSR count). The van der Waals surface area contributed by atoms with E-state index in [0.29, 0.717) is 0 Å². The topological polar surface area (TPSA) is 72.5 Å². The van der Waals surface area contributed by atoms with Crippen molar-refractivity contribution in [2.24, 2.45) is 0 Å². The van der Waals surface area contributed by atoms with Crippen molar-refractivity contribution >= 4 is 16.2 Å². The number of nitrogens with one attached hydrogen (secondary N) is 1. The summed E-state index contributed by atoms with van der Waals surface area (Å²) >= 11 is 0. The van der Waals surface area contributed by atoms with Crippen molar-refractivity contribution in [2.45, 2.75) is 33.6 Å². The molecule has 112 valence electrons. The molecule has 0 radical (unpaired) electrons. The molecule has 0 unspecified atom stereocenters. The summed E-state index contributed by atoms with van der Waals surface area (Å²) in [5.74, 6) is -0.604. The third-order valence-electron chi connectivity index (χ3n) is 2.46. The predicted octanol–water partition coefficient (Wildman–Crippen LogP) is 1.16. The lowest BCUT2D eigenvalue weighted by Crippen LogP contribution is -2.40. The first-order valence-electron chi connectivity index (χ1n) is 6.38. The second-order valence-electron chi connectivity index (χ2n) is 5.14. The number of quaternary nitrogens is 1. The van der Waals surface area contributed by atoms with Gasteiger partial charge in [0.25, 0.3) is 5.91 Å². The van der Waals surface area contributed by atoms with E-state index >= 15 is 0 Å². The Hall–Kier alpha value is -1.08. The summed E-state index contributed by atoms with van der Waals surface area (Å²) in [6.45, 7) is 8.50. The van der Waals surface area contributed by atoms with Crippen molar-refractivity contribution in [3.8, 4) is 0 Å². The van der Waals surface area contributed by atoms with Crippen LogP contribution in [-0.4, -0.2) is 46.0 Å². The number of amides is 1. The monoisotopic (exact) mass is 293 g/mol. The molecule has 0 aromatic rings. The van der Waals surface area contributed by atoms with Crippen molar-refractivity contribution in [1.29, 1.82) is 0 Å². The van der Waals surface area contributed by atoms with Crippen LogP contribution in [0.15, 0.2) is 11.8 Å². The maximum absolute atomic E-state index is 10.5. The molecule has 0 aromatic heterocycles. The van der Waals surface area contributed by atoms with Gasteiger partial charge in [0.2, 0.25) is 0 Å². The molecule has 1 amide bonds. The van der Waals surface area contributed by atoms with Crippen LogP contribution in [0.4, 0.5) is 0 Å². The molecular formula is C12H25N2O4S+. The van der Waals surface area contributed by atoms with E-state index in [2.05, 4.69) is 32.1 Å². The first kappa shape index (κ1) is 17.9. The lowest BCUT2D eigenvalue weighted by molar-refractivity contribution is -0.890. The van der Waals surface area contributed by atoms with Crippen molar-refractivity contribution in [3.63, 3.8) is 0 Å². The number of hydrogen-bond acceptors (Lipinski definition) is 4. The van der Waals surface area contributed by atoms with Gasteiger partial charge in [-0.05, 0) is 19.8 Å². The lowest BCUT2D eigenvalue weighted by Gasteiger charge is -2.28. The van der Waals surface area contributed by atoms with Gasteiger partial charge in [-0.3, -0.25) is 4.79 Å². The van der Waals surface area contributed by atoms with Gasteiger partial charge < -0.3 is 8.67 Å². The van der Waals surface area contributed by atoms with E-state index in [4.69, 9.17) is 0 Å². The quantitative estimate of drug-likeness (QED) is 0.790. The Labute approximate surface area is 116 Å². The summed E-state index contributed by atoms with van der Waals surface area (Å²) in [4.78, 5) is 10.4. The van der Waals surface area contributed by atoms with Crippen LogP contribution in [-0.2, 0) is 19.3 Å². The van der Waals surface area contributed by atoms with E-state index in [9.17, 15) is 13.2 Å². The first-order valence-corrected chi connectivity index (χ1v) is 7.79. The zero-order chi connectivity index (χ0) is 15.1. The lowest BCUT2D eigenvalue weighted by atomic mass is 10.3. The minimum atomic E-state index is -3.85. The minimum Gasteiger partial charge on any atom is -0.371 e. The Morgan fingerprint density at radius 3 is 2.00 bits per heavy atom. The fraction of sp³-hybridized carbons (Fsp3) is 0.750. The molecule has 0 saturated carbocycles. The number of nitrogens with zero attached hydrogens (tertiary/aromatic N) is 1. The molecule has 0 bridgehead atoms. The summed E-state index contributed by atoms with van der Waals surface area (Å²) in [5, 5.41) is 0. The summed E-state index contributed by atoms with van der Waals surface area (Å²) < 4.78 is 28.0. The molecule has 1 aliphatic heterocycles. The highest BCUT2D eigenvalue weighted by molar-refractivity contribution is 7.85. The number of rotatable bonds is 4. The highest BCUT2D eigenvalue weighted by Gasteiger charge is 2.20. The standard InChI is InChI=1S/C8H20N.C4H5NO4S/c1-5-7-9(3,4)8-6-2;1-3-2-4(6)5-10(7,8)9-3/h5-8H2,1-4H3;2H,1H3,(H,5,6)/q+1;. The van der Waals surface area contributed by atoms with E-state index in [1.807, 2.05) is 0 Å². The van der Waals surface area contributed by atoms with Gasteiger partial charge in [0.15, 0.2) is 0 Å². The third kappa shape index (κ3) is 8.61. The Balaban J connectivity index is 0.000000344. The maximum Gasteiger partial charge on any atom is 0.409 e. The molecule has 0 aliphatic carbocycles. The van der Waals surface area contributed by atoms with Crippen LogP contribution in [0.1, 0.15) is 33.6 Å². The number of carbonyl (C=O) groups excluding carboxylic acids is 1. The van der Waals surface area contributed by atoms with E-state index in [1.165, 1.54) is 37.3 Å². The van der Waals surface area contributed by atoms with Crippen molar-refractivity contribution in [3.05, 3.63) is 11.8 Å². The highest BCUT2D eigenvalue weighted by Crippen LogP contribution is 2.05. The van der Waals surface area contributed by atoms with Crippen LogP contribution in [0, 0.1) is 0 Å². The van der Waals surface area contributed by atoms with Gasteiger partial charge in [0.1, 0.15) is 5.76 Å². The Bertz CT molecular complexity index is 419. The molecule has 1 heterocycles. The van der Waals surface area contributed by atoms with E-state index in [-0.39, 0.29) is 5.76 Å². The minimum absolute atomic E-state index is 0.0729. The van der Waals surface area contributed by atoms with Crippen molar-refractivity contribution in [2.75, 3.05) is 27.2 Å². The molecule has 1 N–H and O–H groups in total. The van der Waals surface area contributed by atoms with E-state index in [1.54, 1.807) is 4.72 Å². The van der Waals surface area contributed by atoms with Gasteiger partial charge >= 0.3 is 10.3 Å². The zero-order valence-corrected chi connectivity index (χ0v) is 13.2. The van der Waals surface area contributed by atoms with Gasteiger partial charge in [-0.1, -0.05) is 13.8 Å². The SMILES string of the molecule is CC1=CC(=O)NS(=O)(=O)O1.CCC[N+](C)(C)CCC. The van der Waals surface area contributed by atoms with Crippen LogP contribution in [0.2, 0.25) is 0 Å². The molecule has 6 nitrogen and oxygen atoms in total. The van der Waals surface area contributed by atoms with E-state index < -0.39 is 16.2 Å². The predicted molar refractivity (Wildman–Crippen MR) is 74.3 cm³/mol. The Morgan fingerprint density at radius 1 is 1.21 bits per heavy atom. The Kier molecular flexibility index (Phi) is 7.07. The summed E-state index contributed by atoms with van der Waals surface area (Å²) in [7, 11) is 0.748. The largest absolute Gasteiger partial charge is 0.409 e. The van der Waals surface area contributed by atoms with Crippen LogP contribution < -0.4 is 4.72 Å². The van der Waals surface area contributed by atoms with Crippen molar-refractivity contribution < 1.29 is 21.9 Å². The maximum atomic E-state index is 10.5. The number of hydrogen-bond donors (Lipinski definition) is 1. The first-order chi connectivity index (χ1) is 8.62. The second-order valence-corrected chi connectivity index (χ2v) is 6.42. The molecule has 0 spiro atoms. The van der Waals surface area contributed by atoms with Gasteiger partial charge in [0.05, 0.1) is 27.2 Å². The second kappa shape index (κ2) is 7.49. The fourth-order valence-corrected chi connectivity index (χ4v) is 2.62. The van der Waals surface area contributed by atoms with Crippen LogP contribution in [0.3, 0.4) is 0 Å². The van der Waals surface area contributed by atoms with Gasteiger partial charge in [0, 0.05) is 6.08 Å². The van der Waals surface area contributed by atoms with Crippen LogP contribution in [0.25, 0.3) is 0 Å². The smallest absolute Gasteiger partial charge is 0.371 e. The number of carbonyl (C=O) groups is 1. The molecular weight excluding hydrogens is 268 g/mol. The van der Waals surface area contributed by atoms with Gasteiger partial charge in [-0.15, -0.1) is 0 Å². The number of allylic oxidation sites excluding steroid dienone is 1. The van der Waals surface area contributed by atoms with Gasteiger partial charge in [-0.2, -0.15) is 8.42 Å². The van der Waals surface area contributed by atoms with E-state index in [0.717, 1.165) is 6.08 Å². The van der Waals surface area contributed by atoms with Crippen LogP contribution >= 0.6 is 0 Å². The third-order valence-corrected chi connectivity index (χ3v) is 3.39. The summed E-state index contributed by atoms with van der Waals surface area (Å²) in [5.41, 5.74) is 0. The highest BCUT2D eigenvalue weighted by atomic mass is 32.2. The normalized spacial score (nSPS) is 17.5. The summed E-state index contributed by atoms with van der Waals surface area (Å²) in [6, 6.07) is 0. The molecule has 0 saturated heterocycles. The molecule has 0 atom stereocenters. The average Bonchev–Trinajstić information content (AvgIpc) is 2.13.